The number of nitrogens with one attached hydrogen (secondary N) is 3. The standard InChI is InChI=1S/C22H30N6O2/c29-21-18-14-25-20-17(5-10-24-20)19(18)28(22(30)26-21)16-6-12-27(13-7-16)11-1-2-15-3-8-23-9-4-15/h5,10,14-16,23H,1-4,6-9,11-13H2,(H,24,25)(H,26,29,30). The summed E-state index contributed by atoms with van der Waals surface area (Å²) in [5, 5.41) is 4.75. The number of H-pyrrole nitrogens is 2. The third-order valence-corrected chi connectivity index (χ3v) is 6.95. The predicted octanol–water partition coefficient (Wildman–Crippen LogP) is 1.98. The summed E-state index contributed by atoms with van der Waals surface area (Å²) in [4.78, 5) is 37.6. The lowest BCUT2D eigenvalue weighted by Gasteiger charge is -2.33. The molecule has 0 aliphatic carbocycles. The van der Waals surface area contributed by atoms with Crippen molar-refractivity contribution >= 4 is 21.9 Å². The maximum Gasteiger partial charge on any atom is 0.329 e. The van der Waals surface area contributed by atoms with Crippen molar-refractivity contribution in [2.24, 2.45) is 5.92 Å². The van der Waals surface area contributed by atoms with Crippen LogP contribution in [0.1, 0.15) is 44.6 Å². The number of aromatic nitrogens is 4. The van der Waals surface area contributed by atoms with Gasteiger partial charge in [0.2, 0.25) is 0 Å². The molecule has 2 saturated heterocycles. The Labute approximate surface area is 174 Å². The van der Waals surface area contributed by atoms with Crippen molar-refractivity contribution in [3.05, 3.63) is 39.3 Å². The zero-order valence-electron chi connectivity index (χ0n) is 17.3. The second kappa shape index (κ2) is 8.35. The smallest absolute Gasteiger partial charge is 0.329 e. The molecule has 8 nitrogen and oxygen atoms in total. The van der Waals surface area contributed by atoms with E-state index in [2.05, 4.69) is 25.2 Å². The number of likely N-dealkylation sites (tertiary alicyclic amines) is 1. The molecule has 8 heteroatoms. The molecule has 5 rings (SSSR count). The van der Waals surface area contributed by atoms with Crippen LogP contribution in [-0.4, -0.2) is 57.1 Å². The largest absolute Gasteiger partial charge is 0.346 e. The van der Waals surface area contributed by atoms with E-state index in [0.717, 1.165) is 43.8 Å². The molecule has 0 aromatic carbocycles. The first kappa shape index (κ1) is 19.5. The maximum absolute atomic E-state index is 12.8. The van der Waals surface area contributed by atoms with Gasteiger partial charge < -0.3 is 15.2 Å². The zero-order chi connectivity index (χ0) is 20.5. The number of pyridine rings is 1. The molecule has 160 valence electrons. The molecule has 0 saturated carbocycles. The van der Waals surface area contributed by atoms with E-state index in [1.165, 1.54) is 38.8 Å². The van der Waals surface area contributed by atoms with Crippen molar-refractivity contribution in [1.82, 2.24) is 29.7 Å². The van der Waals surface area contributed by atoms with Gasteiger partial charge in [-0.05, 0) is 70.1 Å². The summed E-state index contributed by atoms with van der Waals surface area (Å²) >= 11 is 0. The third kappa shape index (κ3) is 3.70. The van der Waals surface area contributed by atoms with E-state index in [9.17, 15) is 9.59 Å². The fraction of sp³-hybridized carbons (Fsp3) is 0.591. The van der Waals surface area contributed by atoms with Gasteiger partial charge in [0.25, 0.3) is 5.56 Å². The van der Waals surface area contributed by atoms with Gasteiger partial charge >= 0.3 is 5.69 Å². The Bertz CT molecular complexity index is 1130. The highest BCUT2D eigenvalue weighted by Crippen LogP contribution is 2.28. The van der Waals surface area contributed by atoms with Crippen LogP contribution < -0.4 is 16.6 Å². The van der Waals surface area contributed by atoms with E-state index in [0.29, 0.717) is 16.6 Å². The van der Waals surface area contributed by atoms with Crippen LogP contribution >= 0.6 is 0 Å². The van der Waals surface area contributed by atoms with Crippen molar-refractivity contribution < 1.29 is 0 Å². The summed E-state index contributed by atoms with van der Waals surface area (Å²) in [6, 6.07) is 1.99. The Balaban J connectivity index is 1.31. The first-order valence-electron chi connectivity index (χ1n) is 11.2. The fourth-order valence-corrected chi connectivity index (χ4v) is 5.27. The van der Waals surface area contributed by atoms with Crippen LogP contribution in [0.5, 0.6) is 0 Å². The first-order valence-corrected chi connectivity index (χ1v) is 11.2. The lowest BCUT2D eigenvalue weighted by atomic mass is 9.93. The molecule has 2 aliphatic heterocycles. The highest BCUT2D eigenvalue weighted by atomic mass is 16.2. The van der Waals surface area contributed by atoms with E-state index >= 15 is 0 Å². The van der Waals surface area contributed by atoms with Gasteiger partial charge in [0.05, 0.1) is 10.9 Å². The Kier molecular flexibility index (Phi) is 5.43. The number of nitrogens with zero attached hydrogens (tertiary/aromatic N) is 3. The first-order chi connectivity index (χ1) is 14.7. The van der Waals surface area contributed by atoms with Crippen LogP contribution in [0.15, 0.2) is 28.0 Å². The summed E-state index contributed by atoms with van der Waals surface area (Å²) in [6.45, 7) is 5.46. The number of rotatable bonds is 5. The number of hydrogen-bond acceptors (Lipinski definition) is 5. The Morgan fingerprint density at radius 2 is 1.87 bits per heavy atom. The average Bonchev–Trinajstić information content (AvgIpc) is 3.25. The molecule has 0 spiro atoms. The van der Waals surface area contributed by atoms with E-state index < -0.39 is 0 Å². The molecule has 0 radical (unpaired) electrons. The van der Waals surface area contributed by atoms with Crippen LogP contribution in [0.2, 0.25) is 0 Å². The molecular formula is C22H30N6O2. The molecule has 3 aromatic rings. The minimum Gasteiger partial charge on any atom is -0.346 e. The quantitative estimate of drug-likeness (QED) is 0.597. The van der Waals surface area contributed by atoms with Crippen LogP contribution in [0.25, 0.3) is 21.9 Å². The summed E-state index contributed by atoms with van der Waals surface area (Å²) in [7, 11) is 0. The lowest BCUT2D eigenvalue weighted by molar-refractivity contribution is 0.178. The van der Waals surface area contributed by atoms with Gasteiger partial charge in [-0.25, -0.2) is 9.78 Å². The summed E-state index contributed by atoms with van der Waals surface area (Å²) in [5.41, 5.74) is 0.735. The van der Waals surface area contributed by atoms with Crippen molar-refractivity contribution in [2.45, 2.75) is 44.6 Å². The minimum atomic E-state index is -0.364. The number of hydrogen-bond donors (Lipinski definition) is 3. The van der Waals surface area contributed by atoms with Gasteiger partial charge in [0, 0.05) is 36.9 Å². The van der Waals surface area contributed by atoms with E-state index in [1.807, 2.05) is 6.07 Å². The second-order valence-electron chi connectivity index (χ2n) is 8.80. The second-order valence-corrected chi connectivity index (χ2v) is 8.80. The van der Waals surface area contributed by atoms with Crippen molar-refractivity contribution in [1.29, 1.82) is 0 Å². The van der Waals surface area contributed by atoms with E-state index in [4.69, 9.17) is 0 Å². The molecule has 5 heterocycles. The summed E-state index contributed by atoms with van der Waals surface area (Å²) < 4.78 is 1.81. The highest BCUT2D eigenvalue weighted by Gasteiger charge is 2.24. The number of fused-ring (bicyclic) bond motifs is 3. The zero-order valence-corrected chi connectivity index (χ0v) is 17.3. The SMILES string of the molecule is O=c1[nH]c(=O)n(C2CCN(CCCC3CCNCC3)CC2)c2c1cnc1[nH]ccc12. The van der Waals surface area contributed by atoms with E-state index in [1.54, 1.807) is 17.0 Å². The molecule has 3 N–H and O–H groups in total. The van der Waals surface area contributed by atoms with Gasteiger partial charge in [-0.2, -0.15) is 0 Å². The van der Waals surface area contributed by atoms with Crippen molar-refractivity contribution in [3.8, 4) is 0 Å². The molecule has 0 bridgehead atoms. The normalized spacial score (nSPS) is 19.7. The van der Waals surface area contributed by atoms with Crippen LogP contribution in [0, 0.1) is 5.92 Å². The summed E-state index contributed by atoms with van der Waals surface area (Å²) in [5.74, 6) is 0.882. The molecule has 2 aliphatic rings. The maximum atomic E-state index is 12.8. The van der Waals surface area contributed by atoms with Crippen LogP contribution in [-0.2, 0) is 0 Å². The topological polar surface area (TPSA) is 98.8 Å². The van der Waals surface area contributed by atoms with Gasteiger partial charge in [0.1, 0.15) is 5.65 Å². The highest BCUT2D eigenvalue weighted by molar-refractivity contribution is 6.01. The van der Waals surface area contributed by atoms with Crippen LogP contribution in [0.3, 0.4) is 0 Å². The summed E-state index contributed by atoms with van der Waals surface area (Å²) in [6.07, 6.45) is 10.4. The van der Waals surface area contributed by atoms with Gasteiger partial charge in [-0.15, -0.1) is 0 Å². The van der Waals surface area contributed by atoms with Crippen molar-refractivity contribution in [2.75, 3.05) is 32.7 Å². The van der Waals surface area contributed by atoms with E-state index in [-0.39, 0.29) is 17.3 Å². The molecule has 0 atom stereocenters. The lowest BCUT2D eigenvalue weighted by Crippen LogP contribution is -2.40. The molecule has 0 unspecified atom stereocenters. The Morgan fingerprint density at radius 1 is 1.07 bits per heavy atom. The number of aromatic amines is 2. The number of piperidine rings is 2. The average molecular weight is 411 g/mol. The third-order valence-electron chi connectivity index (χ3n) is 6.95. The van der Waals surface area contributed by atoms with Gasteiger partial charge in [-0.3, -0.25) is 14.3 Å². The molecular weight excluding hydrogens is 380 g/mol. The molecule has 2 fully saturated rings. The monoisotopic (exact) mass is 410 g/mol. The minimum absolute atomic E-state index is 0.0954. The predicted molar refractivity (Wildman–Crippen MR) is 118 cm³/mol. The van der Waals surface area contributed by atoms with Gasteiger partial charge in [-0.1, -0.05) is 0 Å². The van der Waals surface area contributed by atoms with Crippen molar-refractivity contribution in [3.63, 3.8) is 0 Å². The molecule has 3 aromatic heterocycles. The fourth-order valence-electron chi connectivity index (χ4n) is 5.27. The van der Waals surface area contributed by atoms with Crippen LogP contribution in [0.4, 0.5) is 0 Å². The molecule has 30 heavy (non-hydrogen) atoms. The Hall–Kier alpha value is -2.45. The molecule has 0 amide bonds. The van der Waals surface area contributed by atoms with Gasteiger partial charge in [0.15, 0.2) is 0 Å². The Morgan fingerprint density at radius 3 is 2.67 bits per heavy atom.